The van der Waals surface area contributed by atoms with Crippen LogP contribution >= 0.6 is 35.3 Å². The van der Waals surface area contributed by atoms with Gasteiger partial charge in [-0.05, 0) is 50.7 Å². The lowest BCUT2D eigenvalue weighted by Gasteiger charge is -2.18. The number of nitrogens with zero attached hydrogens (tertiary/aromatic N) is 2. The summed E-state index contributed by atoms with van der Waals surface area (Å²) in [5.41, 5.74) is 1.16. The normalized spacial score (nSPS) is 12.4. The molecule has 2 rings (SSSR count). The van der Waals surface area contributed by atoms with Crippen LogP contribution in [0.3, 0.4) is 0 Å². The molecule has 2 N–H and O–H groups in total. The smallest absolute Gasteiger partial charge is 0.191 e. The van der Waals surface area contributed by atoms with Crippen LogP contribution in [0.1, 0.15) is 22.2 Å². The van der Waals surface area contributed by atoms with Gasteiger partial charge in [-0.3, -0.25) is 4.99 Å². The first-order valence-electron chi connectivity index (χ1n) is 10.4. The average molecular weight is 561 g/mol. The van der Waals surface area contributed by atoms with Crippen LogP contribution in [0.2, 0.25) is 0 Å². The zero-order valence-electron chi connectivity index (χ0n) is 19.3. The van der Waals surface area contributed by atoms with Gasteiger partial charge in [-0.1, -0.05) is 12.1 Å². The molecule has 0 aliphatic heterocycles. The number of aliphatic imine (C=N–C) groups is 1. The maximum absolute atomic E-state index is 5.91. The number of benzene rings is 1. The van der Waals surface area contributed by atoms with Crippen molar-refractivity contribution in [3.05, 3.63) is 51.7 Å². The number of likely N-dealkylation sites (N-methyl/N-ethyl adjacent to an activating group) is 1. The Bertz CT molecular complexity index is 784. The van der Waals surface area contributed by atoms with E-state index in [2.05, 4.69) is 65.7 Å². The van der Waals surface area contributed by atoms with Crippen LogP contribution in [0.4, 0.5) is 0 Å². The summed E-state index contributed by atoms with van der Waals surface area (Å²) >= 11 is 1.85. The van der Waals surface area contributed by atoms with Gasteiger partial charge in [0.25, 0.3) is 0 Å². The number of methoxy groups -OCH3 is 1. The molecule has 6 nitrogen and oxygen atoms in total. The van der Waals surface area contributed by atoms with Crippen LogP contribution in [0.25, 0.3) is 0 Å². The summed E-state index contributed by atoms with van der Waals surface area (Å²) in [4.78, 5) is 9.29. The molecule has 0 radical (unpaired) electrons. The number of ether oxygens (including phenoxy) is 2. The molecule has 0 saturated carbocycles. The fourth-order valence-corrected chi connectivity index (χ4v) is 4.00. The van der Waals surface area contributed by atoms with Crippen molar-refractivity contribution in [2.45, 2.75) is 32.9 Å². The van der Waals surface area contributed by atoms with Gasteiger partial charge in [-0.25, -0.2) is 0 Å². The molecule has 0 amide bonds. The van der Waals surface area contributed by atoms with Crippen LogP contribution in [0.15, 0.2) is 41.4 Å². The Morgan fingerprint density at radius 1 is 1.19 bits per heavy atom. The summed E-state index contributed by atoms with van der Waals surface area (Å²) in [5, 5.41) is 6.87. The molecule has 1 aromatic heterocycles. The first-order valence-corrected chi connectivity index (χ1v) is 11.2. The quantitative estimate of drug-likeness (QED) is 0.234. The van der Waals surface area contributed by atoms with E-state index < -0.39 is 0 Å². The van der Waals surface area contributed by atoms with E-state index in [4.69, 9.17) is 9.47 Å². The van der Waals surface area contributed by atoms with Crippen molar-refractivity contribution >= 4 is 41.3 Å². The van der Waals surface area contributed by atoms with E-state index in [1.54, 1.807) is 14.2 Å². The van der Waals surface area contributed by atoms with E-state index in [-0.39, 0.29) is 24.0 Å². The van der Waals surface area contributed by atoms with Crippen LogP contribution in [0.5, 0.6) is 5.75 Å². The fraction of sp³-hybridized carbons (Fsp3) is 0.522. The number of rotatable bonds is 12. The maximum Gasteiger partial charge on any atom is 0.191 e. The molecule has 1 atom stereocenters. The van der Waals surface area contributed by atoms with Gasteiger partial charge in [0.1, 0.15) is 12.4 Å². The lowest BCUT2D eigenvalue weighted by molar-refractivity contribution is 0.150. The van der Waals surface area contributed by atoms with Gasteiger partial charge in [0.2, 0.25) is 0 Å². The molecule has 1 unspecified atom stereocenters. The van der Waals surface area contributed by atoms with E-state index in [1.807, 2.05) is 23.5 Å². The number of hydrogen-bond donors (Lipinski definition) is 2. The minimum absolute atomic E-state index is 0. The molecule has 0 bridgehead atoms. The van der Waals surface area contributed by atoms with Crippen LogP contribution in [-0.4, -0.2) is 64.4 Å². The van der Waals surface area contributed by atoms with Crippen LogP contribution < -0.4 is 15.4 Å². The largest absolute Gasteiger partial charge is 0.492 e. The minimum Gasteiger partial charge on any atom is -0.492 e. The van der Waals surface area contributed by atoms with Gasteiger partial charge in [0.15, 0.2) is 5.96 Å². The zero-order valence-corrected chi connectivity index (χ0v) is 22.5. The highest BCUT2D eigenvalue weighted by atomic mass is 127. The highest BCUT2D eigenvalue weighted by Crippen LogP contribution is 2.17. The molecule has 8 heteroatoms. The summed E-state index contributed by atoms with van der Waals surface area (Å²) in [5.74, 6) is 1.70. The van der Waals surface area contributed by atoms with Crippen LogP contribution in [0, 0.1) is 6.92 Å². The van der Waals surface area contributed by atoms with Crippen molar-refractivity contribution in [2.24, 2.45) is 4.99 Å². The van der Waals surface area contributed by atoms with E-state index >= 15 is 0 Å². The lowest BCUT2D eigenvalue weighted by atomic mass is 10.2. The Hall–Kier alpha value is -1.36. The summed E-state index contributed by atoms with van der Waals surface area (Å²) in [6, 6.07) is 12.9. The van der Waals surface area contributed by atoms with Gasteiger partial charge in [-0.2, -0.15) is 0 Å². The molecule has 31 heavy (non-hydrogen) atoms. The summed E-state index contributed by atoms with van der Waals surface area (Å²) in [6.07, 6.45) is 0.987. The second-order valence-corrected chi connectivity index (χ2v) is 8.85. The number of aryl methyl sites for hydroxylation is 1. The molecule has 0 saturated heterocycles. The molecule has 2 aromatic rings. The summed E-state index contributed by atoms with van der Waals surface area (Å²) in [7, 11) is 5.60. The molecule has 0 fully saturated rings. The molecule has 0 aliphatic carbocycles. The van der Waals surface area contributed by atoms with Crippen molar-refractivity contribution in [1.29, 1.82) is 0 Å². The molecular weight excluding hydrogens is 523 g/mol. The maximum atomic E-state index is 5.91. The zero-order chi connectivity index (χ0) is 21.8. The first-order chi connectivity index (χ1) is 14.5. The summed E-state index contributed by atoms with van der Waals surface area (Å²) < 4.78 is 11.0. The van der Waals surface area contributed by atoms with E-state index in [0.717, 1.165) is 43.4 Å². The number of thiophene rings is 1. The molecule has 1 heterocycles. The van der Waals surface area contributed by atoms with Crippen molar-refractivity contribution in [3.63, 3.8) is 0 Å². The van der Waals surface area contributed by atoms with Gasteiger partial charge in [0, 0.05) is 56.0 Å². The second-order valence-electron chi connectivity index (χ2n) is 7.48. The topological polar surface area (TPSA) is 58.1 Å². The minimum atomic E-state index is 0. The number of nitrogens with one attached hydrogen (secondary N) is 2. The number of hydrogen-bond acceptors (Lipinski definition) is 5. The van der Waals surface area contributed by atoms with E-state index in [1.165, 1.54) is 9.75 Å². The van der Waals surface area contributed by atoms with Gasteiger partial charge >= 0.3 is 0 Å². The monoisotopic (exact) mass is 560 g/mol. The second kappa shape index (κ2) is 15.4. The Morgan fingerprint density at radius 3 is 2.65 bits per heavy atom. The third-order valence-electron chi connectivity index (χ3n) is 4.69. The van der Waals surface area contributed by atoms with Crippen molar-refractivity contribution < 1.29 is 9.47 Å². The first kappa shape index (κ1) is 27.7. The third-order valence-corrected chi connectivity index (χ3v) is 5.71. The number of guanidine groups is 1. The average Bonchev–Trinajstić information content (AvgIpc) is 3.14. The molecular formula is C23H37IN4O2S. The summed E-state index contributed by atoms with van der Waals surface area (Å²) in [6.45, 7) is 8.17. The SMILES string of the molecule is CN=C(NCc1cccc(OCCN(C)CCOC)c1)NC(C)Cc1ccc(C)s1.I. The highest BCUT2D eigenvalue weighted by molar-refractivity contribution is 14.0. The number of halogens is 1. The Balaban J connectivity index is 0.00000480. The van der Waals surface area contributed by atoms with Gasteiger partial charge in [-0.15, -0.1) is 35.3 Å². The molecule has 0 aliphatic rings. The molecule has 0 spiro atoms. The van der Waals surface area contributed by atoms with Crippen molar-refractivity contribution in [1.82, 2.24) is 15.5 Å². The Labute approximate surface area is 208 Å². The molecule has 174 valence electrons. The standard InChI is InChI=1S/C23H36N4O2S.HI/c1-18(15-22-10-9-19(2)30-22)26-23(24-3)25-17-20-7-6-8-21(16-20)29-14-12-27(4)11-13-28-5;/h6-10,16,18H,11-15,17H2,1-5H3,(H2,24,25,26);1H. The van der Waals surface area contributed by atoms with Crippen molar-refractivity contribution in [3.8, 4) is 5.75 Å². The highest BCUT2D eigenvalue weighted by Gasteiger charge is 2.08. The predicted molar refractivity (Wildman–Crippen MR) is 142 cm³/mol. The van der Waals surface area contributed by atoms with Crippen LogP contribution in [-0.2, 0) is 17.7 Å². The van der Waals surface area contributed by atoms with Gasteiger partial charge in [0.05, 0.1) is 6.61 Å². The third kappa shape index (κ3) is 11.2. The van der Waals surface area contributed by atoms with Gasteiger partial charge < -0.3 is 25.0 Å². The lowest BCUT2D eigenvalue weighted by Crippen LogP contribution is -2.42. The van der Waals surface area contributed by atoms with Crippen molar-refractivity contribution in [2.75, 3.05) is 47.5 Å². The fourth-order valence-electron chi connectivity index (χ4n) is 2.98. The predicted octanol–water partition coefficient (Wildman–Crippen LogP) is 3.93. The van der Waals surface area contributed by atoms with E-state index in [0.29, 0.717) is 19.2 Å². The molecule has 1 aromatic carbocycles. The Morgan fingerprint density at radius 2 is 1.97 bits per heavy atom. The Kier molecular flexibility index (Phi) is 13.8. The van der Waals surface area contributed by atoms with E-state index in [9.17, 15) is 0 Å².